The van der Waals surface area contributed by atoms with E-state index >= 15 is 0 Å². The van der Waals surface area contributed by atoms with Gasteiger partial charge in [0.15, 0.2) is 0 Å². The van der Waals surface area contributed by atoms with E-state index in [-0.39, 0.29) is 11.9 Å². The fraction of sp³-hybridized carbons (Fsp3) is 0.526. The van der Waals surface area contributed by atoms with Gasteiger partial charge in [0, 0.05) is 42.0 Å². The van der Waals surface area contributed by atoms with Gasteiger partial charge in [0.25, 0.3) is 5.91 Å². The van der Waals surface area contributed by atoms with Crippen LogP contribution in [-0.2, 0) is 0 Å². The van der Waals surface area contributed by atoms with Crippen LogP contribution in [0.15, 0.2) is 10.5 Å². The minimum absolute atomic E-state index is 0.0809. The smallest absolute Gasteiger partial charge is 0.286 e. The second-order valence-electron chi connectivity index (χ2n) is 7.13. The summed E-state index contributed by atoms with van der Waals surface area (Å²) in [7, 11) is 0. The number of amides is 1. The molecule has 2 aromatic heterocycles. The van der Waals surface area contributed by atoms with Gasteiger partial charge in [0.2, 0.25) is 5.82 Å². The zero-order valence-electron chi connectivity index (χ0n) is 16.1. The SMILES string of the molecule is Cc1cc(C(C)N[C@@H]2CCN(c3nc(C(N)=O)nc(C)c3C)C2)c(C)o1. The lowest BCUT2D eigenvalue weighted by atomic mass is 10.1. The molecular formula is C19H27N5O2. The quantitative estimate of drug-likeness (QED) is 0.852. The fourth-order valence-corrected chi connectivity index (χ4v) is 3.64. The number of aryl methyl sites for hydroxylation is 3. The van der Waals surface area contributed by atoms with Gasteiger partial charge < -0.3 is 20.4 Å². The predicted molar refractivity (Wildman–Crippen MR) is 100 cm³/mol. The highest BCUT2D eigenvalue weighted by atomic mass is 16.3. The van der Waals surface area contributed by atoms with E-state index in [0.29, 0.717) is 6.04 Å². The number of hydrogen-bond donors (Lipinski definition) is 2. The van der Waals surface area contributed by atoms with Crippen LogP contribution in [0.4, 0.5) is 5.82 Å². The number of nitrogens with zero attached hydrogens (tertiary/aromatic N) is 3. The Labute approximate surface area is 154 Å². The van der Waals surface area contributed by atoms with Crippen molar-refractivity contribution in [1.29, 1.82) is 0 Å². The molecule has 7 nitrogen and oxygen atoms in total. The van der Waals surface area contributed by atoms with Gasteiger partial charge in [-0.1, -0.05) is 0 Å². The number of carbonyl (C=O) groups is 1. The topological polar surface area (TPSA) is 97.3 Å². The van der Waals surface area contributed by atoms with Crippen molar-refractivity contribution in [2.75, 3.05) is 18.0 Å². The molecule has 1 saturated heterocycles. The van der Waals surface area contributed by atoms with Crippen molar-refractivity contribution >= 4 is 11.7 Å². The minimum Gasteiger partial charge on any atom is -0.466 e. The molecule has 1 fully saturated rings. The molecule has 0 aromatic carbocycles. The van der Waals surface area contributed by atoms with Crippen LogP contribution in [0.25, 0.3) is 0 Å². The molecule has 3 N–H and O–H groups in total. The Bertz CT molecular complexity index is 830. The van der Waals surface area contributed by atoms with Gasteiger partial charge in [-0.2, -0.15) is 0 Å². The molecule has 1 aliphatic heterocycles. The molecule has 0 radical (unpaired) electrons. The fourth-order valence-electron chi connectivity index (χ4n) is 3.64. The molecule has 0 aliphatic carbocycles. The number of nitrogens with two attached hydrogens (primary N) is 1. The monoisotopic (exact) mass is 357 g/mol. The third kappa shape index (κ3) is 3.58. The van der Waals surface area contributed by atoms with Crippen molar-refractivity contribution in [3.8, 4) is 0 Å². The van der Waals surface area contributed by atoms with Gasteiger partial charge in [-0.15, -0.1) is 0 Å². The van der Waals surface area contributed by atoms with Crippen molar-refractivity contribution in [2.45, 2.75) is 53.1 Å². The molecule has 0 spiro atoms. The third-order valence-electron chi connectivity index (χ3n) is 5.10. The first kappa shape index (κ1) is 18.4. The van der Waals surface area contributed by atoms with Gasteiger partial charge in [-0.3, -0.25) is 4.79 Å². The lowest BCUT2D eigenvalue weighted by Gasteiger charge is -2.22. The standard InChI is InChI=1S/C19H27N5O2/c1-10-8-16(14(5)26-10)13(4)21-15-6-7-24(9-15)19-11(2)12(3)22-18(23-19)17(20)25/h8,13,15,21H,6-7,9H2,1-5H3,(H2,20,25)/t13?,15-/m1/s1. The molecule has 2 aromatic rings. The molecule has 3 heterocycles. The molecule has 2 atom stereocenters. The lowest BCUT2D eigenvalue weighted by Crippen LogP contribution is -2.35. The van der Waals surface area contributed by atoms with Gasteiger partial charge in [-0.05, 0) is 47.1 Å². The molecule has 0 bridgehead atoms. The predicted octanol–water partition coefficient (Wildman–Crippen LogP) is 2.33. The molecule has 0 saturated carbocycles. The second kappa shape index (κ2) is 7.07. The van der Waals surface area contributed by atoms with Crippen molar-refractivity contribution < 1.29 is 9.21 Å². The van der Waals surface area contributed by atoms with Crippen molar-refractivity contribution in [3.05, 3.63) is 40.2 Å². The maximum atomic E-state index is 11.5. The van der Waals surface area contributed by atoms with Crippen LogP contribution in [0.1, 0.15) is 58.3 Å². The van der Waals surface area contributed by atoms with E-state index in [2.05, 4.69) is 33.2 Å². The van der Waals surface area contributed by atoms with E-state index < -0.39 is 5.91 Å². The van der Waals surface area contributed by atoms with Crippen LogP contribution >= 0.6 is 0 Å². The first-order valence-electron chi connectivity index (χ1n) is 8.99. The summed E-state index contributed by atoms with van der Waals surface area (Å²) < 4.78 is 5.64. The summed E-state index contributed by atoms with van der Waals surface area (Å²) >= 11 is 0. The van der Waals surface area contributed by atoms with Crippen LogP contribution in [0, 0.1) is 27.7 Å². The summed E-state index contributed by atoms with van der Waals surface area (Å²) in [6.07, 6.45) is 1.01. The average Bonchev–Trinajstić information content (AvgIpc) is 3.15. The molecule has 1 amide bonds. The number of primary amides is 1. The van der Waals surface area contributed by atoms with Crippen LogP contribution in [0.5, 0.6) is 0 Å². The van der Waals surface area contributed by atoms with E-state index in [4.69, 9.17) is 10.2 Å². The first-order valence-corrected chi connectivity index (χ1v) is 8.99. The highest BCUT2D eigenvalue weighted by molar-refractivity contribution is 5.89. The number of furan rings is 1. The van der Waals surface area contributed by atoms with Crippen LogP contribution in [-0.4, -0.2) is 35.0 Å². The van der Waals surface area contributed by atoms with Crippen molar-refractivity contribution in [2.24, 2.45) is 5.73 Å². The molecular weight excluding hydrogens is 330 g/mol. The zero-order valence-corrected chi connectivity index (χ0v) is 16.1. The number of rotatable bonds is 5. The normalized spacial score (nSPS) is 18.3. The molecule has 3 rings (SSSR count). The number of nitrogens with one attached hydrogen (secondary N) is 1. The largest absolute Gasteiger partial charge is 0.466 e. The minimum atomic E-state index is -0.595. The number of hydrogen-bond acceptors (Lipinski definition) is 6. The molecule has 7 heteroatoms. The van der Waals surface area contributed by atoms with Gasteiger partial charge in [0.05, 0.1) is 0 Å². The van der Waals surface area contributed by atoms with Crippen LogP contribution in [0.3, 0.4) is 0 Å². The number of aromatic nitrogens is 2. The first-order chi connectivity index (χ1) is 12.3. The summed E-state index contributed by atoms with van der Waals surface area (Å²) in [5.74, 6) is 2.19. The van der Waals surface area contributed by atoms with Gasteiger partial charge in [-0.25, -0.2) is 9.97 Å². The highest BCUT2D eigenvalue weighted by Crippen LogP contribution is 2.26. The van der Waals surface area contributed by atoms with Crippen molar-refractivity contribution in [1.82, 2.24) is 15.3 Å². The van der Waals surface area contributed by atoms with E-state index in [1.807, 2.05) is 27.7 Å². The maximum absolute atomic E-state index is 11.5. The van der Waals surface area contributed by atoms with E-state index in [0.717, 1.165) is 48.1 Å². The lowest BCUT2D eigenvalue weighted by molar-refractivity contribution is 0.0990. The summed E-state index contributed by atoms with van der Waals surface area (Å²) in [6.45, 7) is 11.7. The Morgan fingerprint density at radius 1 is 1.35 bits per heavy atom. The molecule has 1 unspecified atom stereocenters. The zero-order chi connectivity index (χ0) is 19.0. The second-order valence-corrected chi connectivity index (χ2v) is 7.13. The number of carbonyl (C=O) groups excluding carboxylic acids is 1. The number of anilines is 1. The molecule has 26 heavy (non-hydrogen) atoms. The van der Waals surface area contributed by atoms with Gasteiger partial charge >= 0.3 is 0 Å². The molecule has 1 aliphatic rings. The summed E-state index contributed by atoms with van der Waals surface area (Å²) in [6, 6.07) is 2.65. The van der Waals surface area contributed by atoms with Crippen molar-refractivity contribution in [3.63, 3.8) is 0 Å². The van der Waals surface area contributed by atoms with E-state index in [1.165, 1.54) is 5.56 Å². The molecule has 140 valence electrons. The Morgan fingerprint density at radius 2 is 2.08 bits per heavy atom. The Balaban J connectivity index is 1.73. The third-order valence-corrected chi connectivity index (χ3v) is 5.10. The Hall–Kier alpha value is -2.41. The summed E-state index contributed by atoms with van der Waals surface area (Å²) in [5, 5.41) is 3.68. The Morgan fingerprint density at radius 3 is 2.69 bits per heavy atom. The van der Waals surface area contributed by atoms with E-state index in [1.54, 1.807) is 0 Å². The summed E-state index contributed by atoms with van der Waals surface area (Å²) in [5.41, 5.74) is 8.35. The van der Waals surface area contributed by atoms with Crippen LogP contribution in [0.2, 0.25) is 0 Å². The Kier molecular flexibility index (Phi) is 5.00. The summed E-state index contributed by atoms with van der Waals surface area (Å²) in [4.78, 5) is 22.3. The van der Waals surface area contributed by atoms with E-state index in [9.17, 15) is 4.79 Å². The van der Waals surface area contributed by atoms with Gasteiger partial charge in [0.1, 0.15) is 17.3 Å². The maximum Gasteiger partial charge on any atom is 0.286 e. The highest BCUT2D eigenvalue weighted by Gasteiger charge is 2.28. The van der Waals surface area contributed by atoms with Crippen LogP contribution < -0.4 is 16.0 Å². The average molecular weight is 357 g/mol.